The van der Waals surface area contributed by atoms with Gasteiger partial charge in [0.2, 0.25) is 0 Å². The van der Waals surface area contributed by atoms with Crippen molar-refractivity contribution < 1.29 is 17.9 Å². The van der Waals surface area contributed by atoms with Crippen molar-refractivity contribution in [2.45, 2.75) is 26.2 Å². The summed E-state index contributed by atoms with van der Waals surface area (Å²) in [5.74, 6) is -0.0939. The van der Waals surface area contributed by atoms with Gasteiger partial charge >= 0.3 is 0 Å². The maximum Gasteiger partial charge on any atom is 0.267 e. The molecule has 0 saturated carbocycles. The van der Waals surface area contributed by atoms with Gasteiger partial charge in [-0.1, -0.05) is 32.0 Å². The second-order valence-corrected chi connectivity index (χ2v) is 4.78. The Morgan fingerprint density at radius 1 is 0.950 bits per heavy atom. The molecule has 0 aliphatic rings. The lowest BCUT2D eigenvalue weighted by Gasteiger charge is -2.12. The summed E-state index contributed by atoms with van der Waals surface area (Å²) in [4.78, 5) is 0. The van der Waals surface area contributed by atoms with Crippen molar-refractivity contribution in [1.82, 2.24) is 0 Å². The van der Waals surface area contributed by atoms with Crippen molar-refractivity contribution in [2.75, 3.05) is 0 Å². The maximum atomic E-state index is 13.8. The zero-order chi connectivity index (χ0) is 14.7. The fourth-order valence-electron chi connectivity index (χ4n) is 1.92. The molecule has 20 heavy (non-hydrogen) atoms. The number of halogens is 3. The van der Waals surface area contributed by atoms with Gasteiger partial charge in [0, 0.05) is 6.07 Å². The van der Waals surface area contributed by atoms with Gasteiger partial charge in [0.1, 0.15) is 17.3 Å². The molecule has 2 rings (SSSR count). The van der Waals surface area contributed by atoms with E-state index in [4.69, 9.17) is 4.74 Å². The quantitative estimate of drug-likeness (QED) is 0.700. The zero-order valence-electron chi connectivity index (χ0n) is 11.2. The fourth-order valence-corrected chi connectivity index (χ4v) is 1.92. The smallest absolute Gasteiger partial charge is 0.267 e. The Kier molecular flexibility index (Phi) is 4.32. The summed E-state index contributed by atoms with van der Waals surface area (Å²) >= 11 is 0. The third kappa shape index (κ3) is 3.13. The van der Waals surface area contributed by atoms with Crippen LogP contribution >= 0.6 is 0 Å². The van der Waals surface area contributed by atoms with Crippen molar-refractivity contribution in [3.05, 3.63) is 59.4 Å². The van der Waals surface area contributed by atoms with Crippen molar-refractivity contribution >= 4 is 0 Å². The van der Waals surface area contributed by atoms with E-state index in [0.717, 1.165) is 0 Å². The predicted molar refractivity (Wildman–Crippen MR) is 72.0 cm³/mol. The second kappa shape index (κ2) is 5.99. The first-order valence-corrected chi connectivity index (χ1v) is 6.33. The molecule has 0 aliphatic heterocycles. The lowest BCUT2D eigenvalue weighted by Crippen LogP contribution is -1.95. The SMILES string of the molecule is CC(C)c1ccc(Oc2ccccc2C(F)F)cc1F. The van der Waals surface area contributed by atoms with E-state index < -0.39 is 12.2 Å². The van der Waals surface area contributed by atoms with E-state index in [1.165, 1.54) is 24.3 Å². The molecule has 0 spiro atoms. The van der Waals surface area contributed by atoms with Crippen LogP contribution in [0.2, 0.25) is 0 Å². The van der Waals surface area contributed by atoms with E-state index in [0.29, 0.717) is 5.56 Å². The number of ether oxygens (including phenoxy) is 1. The van der Waals surface area contributed by atoms with Crippen LogP contribution in [-0.2, 0) is 0 Å². The summed E-state index contributed by atoms with van der Waals surface area (Å²) in [7, 11) is 0. The van der Waals surface area contributed by atoms with Crippen LogP contribution in [0, 0.1) is 5.82 Å². The van der Waals surface area contributed by atoms with Gasteiger partial charge in [-0.25, -0.2) is 13.2 Å². The van der Waals surface area contributed by atoms with Gasteiger partial charge in [-0.3, -0.25) is 0 Å². The number of hydrogen-bond donors (Lipinski definition) is 0. The first-order chi connectivity index (χ1) is 9.49. The van der Waals surface area contributed by atoms with E-state index >= 15 is 0 Å². The molecule has 0 atom stereocenters. The van der Waals surface area contributed by atoms with E-state index in [1.54, 1.807) is 18.2 Å². The van der Waals surface area contributed by atoms with E-state index in [1.807, 2.05) is 13.8 Å². The Balaban J connectivity index is 2.29. The normalized spacial score (nSPS) is 11.2. The van der Waals surface area contributed by atoms with Crippen molar-refractivity contribution in [2.24, 2.45) is 0 Å². The van der Waals surface area contributed by atoms with Gasteiger partial charge in [0.25, 0.3) is 6.43 Å². The molecule has 0 radical (unpaired) electrons. The summed E-state index contributed by atoms with van der Waals surface area (Å²) in [6, 6.07) is 10.3. The van der Waals surface area contributed by atoms with Crippen LogP contribution in [0.5, 0.6) is 11.5 Å². The average molecular weight is 280 g/mol. The Hall–Kier alpha value is -1.97. The molecule has 1 nitrogen and oxygen atoms in total. The lowest BCUT2D eigenvalue weighted by molar-refractivity contribution is 0.148. The van der Waals surface area contributed by atoms with Gasteiger partial charge in [0.15, 0.2) is 0 Å². The summed E-state index contributed by atoms with van der Waals surface area (Å²) in [5, 5.41) is 0. The molecule has 2 aromatic rings. The highest BCUT2D eigenvalue weighted by Crippen LogP contribution is 2.33. The van der Waals surface area contributed by atoms with Crippen LogP contribution in [0.25, 0.3) is 0 Å². The molecule has 0 unspecified atom stereocenters. The molecule has 0 saturated heterocycles. The monoisotopic (exact) mass is 280 g/mol. The summed E-state index contributed by atoms with van der Waals surface area (Å²) < 4.78 is 44.9. The van der Waals surface area contributed by atoms with E-state index in [9.17, 15) is 13.2 Å². The number of rotatable bonds is 4. The summed E-state index contributed by atoms with van der Waals surface area (Å²) in [6.07, 6.45) is -2.63. The summed E-state index contributed by atoms with van der Waals surface area (Å²) in [6.45, 7) is 3.76. The van der Waals surface area contributed by atoms with Crippen LogP contribution < -0.4 is 4.74 Å². The standard InChI is InChI=1S/C16H15F3O/c1-10(2)12-8-7-11(9-14(12)17)20-15-6-4-3-5-13(15)16(18)19/h3-10,16H,1-2H3. The second-order valence-electron chi connectivity index (χ2n) is 4.78. The first-order valence-electron chi connectivity index (χ1n) is 6.33. The number of hydrogen-bond acceptors (Lipinski definition) is 1. The largest absolute Gasteiger partial charge is 0.457 e. The Bertz CT molecular complexity index is 594. The molecule has 0 fully saturated rings. The zero-order valence-corrected chi connectivity index (χ0v) is 11.2. The van der Waals surface area contributed by atoms with Crippen LogP contribution in [0.15, 0.2) is 42.5 Å². The minimum atomic E-state index is -2.63. The molecule has 0 N–H and O–H groups in total. The maximum absolute atomic E-state index is 13.8. The topological polar surface area (TPSA) is 9.23 Å². The van der Waals surface area contributed by atoms with Gasteiger partial charge in [0.05, 0.1) is 5.56 Å². The summed E-state index contributed by atoms with van der Waals surface area (Å²) in [5.41, 5.74) is 0.361. The van der Waals surface area contributed by atoms with Crippen LogP contribution in [0.4, 0.5) is 13.2 Å². The average Bonchev–Trinajstić information content (AvgIpc) is 2.38. The molecule has 106 valence electrons. The number of alkyl halides is 2. The molecule has 0 amide bonds. The molecule has 0 bridgehead atoms. The third-order valence-electron chi connectivity index (χ3n) is 2.98. The molecule has 2 aromatic carbocycles. The van der Waals surface area contributed by atoms with Gasteiger partial charge in [-0.15, -0.1) is 0 Å². The van der Waals surface area contributed by atoms with Crippen molar-refractivity contribution in [3.8, 4) is 11.5 Å². The highest BCUT2D eigenvalue weighted by Gasteiger charge is 2.15. The first kappa shape index (κ1) is 14.4. The van der Waals surface area contributed by atoms with Crippen molar-refractivity contribution in [3.63, 3.8) is 0 Å². The molecule has 0 aliphatic carbocycles. The third-order valence-corrected chi connectivity index (χ3v) is 2.98. The van der Waals surface area contributed by atoms with E-state index in [-0.39, 0.29) is 23.0 Å². The molecular formula is C16H15F3O. The Morgan fingerprint density at radius 3 is 2.25 bits per heavy atom. The van der Waals surface area contributed by atoms with Gasteiger partial charge in [-0.2, -0.15) is 0 Å². The van der Waals surface area contributed by atoms with E-state index in [2.05, 4.69) is 0 Å². The fraction of sp³-hybridized carbons (Fsp3) is 0.250. The van der Waals surface area contributed by atoms with Crippen LogP contribution in [-0.4, -0.2) is 0 Å². The van der Waals surface area contributed by atoms with Crippen LogP contribution in [0.3, 0.4) is 0 Å². The minimum Gasteiger partial charge on any atom is -0.457 e. The molecular weight excluding hydrogens is 265 g/mol. The van der Waals surface area contributed by atoms with Crippen LogP contribution in [0.1, 0.15) is 37.3 Å². The van der Waals surface area contributed by atoms with Gasteiger partial charge < -0.3 is 4.74 Å². The van der Waals surface area contributed by atoms with Crippen molar-refractivity contribution in [1.29, 1.82) is 0 Å². The number of benzene rings is 2. The highest BCUT2D eigenvalue weighted by molar-refractivity contribution is 5.39. The highest BCUT2D eigenvalue weighted by atomic mass is 19.3. The Labute approximate surface area is 116 Å². The number of para-hydroxylation sites is 1. The van der Waals surface area contributed by atoms with Gasteiger partial charge in [-0.05, 0) is 29.7 Å². The molecule has 0 heterocycles. The predicted octanol–water partition coefficient (Wildman–Crippen LogP) is 5.68. The molecule has 4 heteroatoms. The molecule has 0 aromatic heterocycles. The lowest BCUT2D eigenvalue weighted by atomic mass is 10.0. The Morgan fingerprint density at radius 2 is 1.65 bits per heavy atom. The minimum absolute atomic E-state index is 0.0409.